The van der Waals surface area contributed by atoms with E-state index >= 15 is 0 Å². The summed E-state index contributed by atoms with van der Waals surface area (Å²) in [5.74, 6) is -0.143. The molecule has 1 aromatic rings. The predicted octanol–water partition coefficient (Wildman–Crippen LogP) is 0.650. The summed E-state index contributed by atoms with van der Waals surface area (Å²) in [6.45, 7) is 3.26. The number of amides is 1. The van der Waals surface area contributed by atoms with Gasteiger partial charge in [-0.05, 0) is 38.3 Å². The van der Waals surface area contributed by atoms with E-state index in [1.54, 1.807) is 12.1 Å². The predicted molar refractivity (Wildman–Crippen MR) is 72.3 cm³/mol. The number of carbonyl (C=O) groups is 1. The number of aromatic nitrogens is 1. The minimum Gasteiger partial charge on any atom is -0.337 e. The number of pyridine rings is 1. The Morgan fingerprint density at radius 2 is 2.05 bits per heavy atom. The van der Waals surface area contributed by atoms with Crippen molar-refractivity contribution in [2.75, 3.05) is 13.1 Å². The fourth-order valence-electron chi connectivity index (χ4n) is 3.04. The molecule has 19 heavy (non-hydrogen) atoms. The van der Waals surface area contributed by atoms with Gasteiger partial charge >= 0.3 is 0 Å². The molecule has 2 bridgehead atoms. The summed E-state index contributed by atoms with van der Waals surface area (Å²) in [6, 6.07) is 4.34. The van der Waals surface area contributed by atoms with Crippen molar-refractivity contribution >= 4 is 5.91 Å². The van der Waals surface area contributed by atoms with Gasteiger partial charge < -0.3 is 15.2 Å². The summed E-state index contributed by atoms with van der Waals surface area (Å²) >= 11 is 0. The average molecular weight is 261 g/mol. The number of fused-ring (bicyclic) bond motifs is 2. The highest BCUT2D eigenvalue weighted by Gasteiger charge is 2.31. The molecule has 3 heterocycles. The highest BCUT2D eigenvalue weighted by atomic mass is 16.2. The number of likely N-dealkylation sites (tertiary alicyclic amines) is 1. The highest BCUT2D eigenvalue weighted by molar-refractivity contribution is 5.93. The Morgan fingerprint density at radius 1 is 1.26 bits per heavy atom. The molecule has 1 amide bonds. The first kappa shape index (κ1) is 12.4. The molecule has 5 nitrogen and oxygen atoms in total. The number of nitrogens with one attached hydrogen (secondary N) is 2. The standard InChI is InChI=1S/C14H19N3O2/c1-9-2-5-12(13(18)15-9)14(19)17-7-6-10-3-4-11(8-17)16-10/h2,5,10-11,16H,3-4,6-8H2,1H3,(H,15,18). The monoisotopic (exact) mass is 261 g/mol. The number of nitrogens with zero attached hydrogens (tertiary/aromatic N) is 1. The molecule has 2 fully saturated rings. The van der Waals surface area contributed by atoms with Gasteiger partial charge in [0.05, 0.1) is 0 Å². The quantitative estimate of drug-likeness (QED) is 0.780. The van der Waals surface area contributed by atoms with Crippen molar-refractivity contribution in [3.8, 4) is 0 Å². The second kappa shape index (κ2) is 4.81. The van der Waals surface area contributed by atoms with E-state index in [-0.39, 0.29) is 17.0 Å². The van der Waals surface area contributed by atoms with Crippen LogP contribution in [0.15, 0.2) is 16.9 Å². The second-order valence-electron chi connectivity index (χ2n) is 5.56. The van der Waals surface area contributed by atoms with Crippen molar-refractivity contribution in [2.24, 2.45) is 0 Å². The summed E-state index contributed by atoms with van der Waals surface area (Å²) in [7, 11) is 0. The summed E-state index contributed by atoms with van der Waals surface area (Å²) < 4.78 is 0. The largest absolute Gasteiger partial charge is 0.337 e. The Bertz CT molecular complexity index is 552. The van der Waals surface area contributed by atoms with Crippen molar-refractivity contribution in [1.29, 1.82) is 0 Å². The van der Waals surface area contributed by atoms with E-state index in [0.717, 1.165) is 25.1 Å². The first-order valence-electron chi connectivity index (χ1n) is 6.89. The topological polar surface area (TPSA) is 65.2 Å². The van der Waals surface area contributed by atoms with E-state index < -0.39 is 0 Å². The van der Waals surface area contributed by atoms with Crippen LogP contribution in [0, 0.1) is 6.92 Å². The third kappa shape index (κ3) is 2.42. The third-order valence-corrected chi connectivity index (χ3v) is 4.10. The summed E-state index contributed by atoms with van der Waals surface area (Å²) in [6.07, 6.45) is 3.31. The molecule has 0 saturated carbocycles. The Kier molecular flexibility index (Phi) is 3.14. The molecule has 2 atom stereocenters. The SMILES string of the molecule is Cc1ccc(C(=O)N2CCC3CCC(C2)N3)c(=O)[nH]1. The van der Waals surface area contributed by atoms with E-state index in [0.29, 0.717) is 18.6 Å². The van der Waals surface area contributed by atoms with Crippen LogP contribution in [0.3, 0.4) is 0 Å². The van der Waals surface area contributed by atoms with Crippen LogP contribution < -0.4 is 10.9 Å². The Hall–Kier alpha value is -1.62. The normalized spacial score (nSPS) is 26.3. The van der Waals surface area contributed by atoms with E-state index in [2.05, 4.69) is 10.3 Å². The molecule has 2 saturated heterocycles. The molecule has 2 aliphatic heterocycles. The van der Waals surface area contributed by atoms with Gasteiger partial charge in [-0.15, -0.1) is 0 Å². The molecular weight excluding hydrogens is 242 g/mol. The number of aryl methyl sites for hydroxylation is 1. The van der Waals surface area contributed by atoms with Gasteiger partial charge in [0, 0.05) is 30.9 Å². The van der Waals surface area contributed by atoms with Crippen LogP contribution in [0.1, 0.15) is 35.3 Å². The van der Waals surface area contributed by atoms with Gasteiger partial charge in [-0.1, -0.05) is 0 Å². The van der Waals surface area contributed by atoms with Gasteiger partial charge in [0.15, 0.2) is 0 Å². The highest BCUT2D eigenvalue weighted by Crippen LogP contribution is 2.21. The first-order chi connectivity index (χ1) is 9.13. The lowest BCUT2D eigenvalue weighted by Gasteiger charge is -2.24. The van der Waals surface area contributed by atoms with Crippen LogP contribution in [-0.4, -0.2) is 41.0 Å². The lowest BCUT2D eigenvalue weighted by molar-refractivity contribution is 0.0746. The Morgan fingerprint density at radius 3 is 2.84 bits per heavy atom. The van der Waals surface area contributed by atoms with E-state index in [4.69, 9.17) is 0 Å². The minimum atomic E-state index is -0.285. The zero-order valence-electron chi connectivity index (χ0n) is 11.1. The number of rotatable bonds is 1. The lowest BCUT2D eigenvalue weighted by Crippen LogP contribution is -2.40. The van der Waals surface area contributed by atoms with Gasteiger partial charge in [-0.25, -0.2) is 0 Å². The molecule has 3 rings (SSSR count). The van der Waals surface area contributed by atoms with Gasteiger partial charge in [0.1, 0.15) is 5.56 Å². The van der Waals surface area contributed by atoms with Crippen LogP contribution in [0.5, 0.6) is 0 Å². The average Bonchev–Trinajstić information content (AvgIpc) is 2.68. The molecular formula is C14H19N3O2. The van der Waals surface area contributed by atoms with E-state index in [9.17, 15) is 9.59 Å². The number of hydrogen-bond donors (Lipinski definition) is 2. The Balaban J connectivity index is 1.81. The van der Waals surface area contributed by atoms with Gasteiger partial charge in [-0.3, -0.25) is 9.59 Å². The molecule has 0 aliphatic carbocycles. The van der Waals surface area contributed by atoms with Gasteiger partial charge in [0.2, 0.25) is 0 Å². The molecule has 0 aromatic carbocycles. The zero-order chi connectivity index (χ0) is 13.4. The number of H-pyrrole nitrogens is 1. The smallest absolute Gasteiger partial charge is 0.260 e. The summed E-state index contributed by atoms with van der Waals surface area (Å²) in [5.41, 5.74) is 0.744. The van der Waals surface area contributed by atoms with Crippen molar-refractivity contribution in [2.45, 2.75) is 38.3 Å². The van der Waals surface area contributed by atoms with Gasteiger partial charge in [0.25, 0.3) is 11.5 Å². The van der Waals surface area contributed by atoms with Crippen molar-refractivity contribution in [1.82, 2.24) is 15.2 Å². The van der Waals surface area contributed by atoms with Crippen LogP contribution in [0.2, 0.25) is 0 Å². The van der Waals surface area contributed by atoms with E-state index in [1.165, 1.54) is 6.42 Å². The van der Waals surface area contributed by atoms with Crippen molar-refractivity contribution < 1.29 is 4.79 Å². The van der Waals surface area contributed by atoms with Gasteiger partial charge in [-0.2, -0.15) is 0 Å². The van der Waals surface area contributed by atoms with Crippen LogP contribution in [0.4, 0.5) is 0 Å². The molecule has 5 heteroatoms. The van der Waals surface area contributed by atoms with Crippen molar-refractivity contribution in [3.05, 3.63) is 33.7 Å². The maximum Gasteiger partial charge on any atom is 0.260 e. The maximum absolute atomic E-state index is 12.4. The molecule has 0 radical (unpaired) electrons. The number of carbonyl (C=O) groups excluding carboxylic acids is 1. The third-order valence-electron chi connectivity index (χ3n) is 4.10. The van der Waals surface area contributed by atoms with Crippen LogP contribution >= 0.6 is 0 Å². The minimum absolute atomic E-state index is 0.143. The van der Waals surface area contributed by atoms with E-state index in [1.807, 2.05) is 11.8 Å². The summed E-state index contributed by atoms with van der Waals surface area (Å²) in [4.78, 5) is 28.8. The van der Waals surface area contributed by atoms with Crippen LogP contribution in [-0.2, 0) is 0 Å². The molecule has 2 unspecified atom stereocenters. The first-order valence-corrected chi connectivity index (χ1v) is 6.89. The maximum atomic E-state index is 12.4. The molecule has 2 aliphatic rings. The molecule has 0 spiro atoms. The fraction of sp³-hybridized carbons (Fsp3) is 0.571. The fourth-order valence-corrected chi connectivity index (χ4v) is 3.04. The summed E-state index contributed by atoms with van der Waals surface area (Å²) in [5, 5.41) is 3.53. The van der Waals surface area contributed by atoms with Crippen molar-refractivity contribution in [3.63, 3.8) is 0 Å². The zero-order valence-corrected chi connectivity index (χ0v) is 11.1. The molecule has 1 aromatic heterocycles. The molecule has 2 N–H and O–H groups in total. The lowest BCUT2D eigenvalue weighted by atomic mass is 10.1. The Labute approximate surface area is 112 Å². The molecule has 102 valence electrons. The number of aromatic amines is 1. The second-order valence-corrected chi connectivity index (χ2v) is 5.56. The number of hydrogen-bond acceptors (Lipinski definition) is 3. The van der Waals surface area contributed by atoms with Crippen LogP contribution in [0.25, 0.3) is 0 Å².